The lowest BCUT2D eigenvalue weighted by molar-refractivity contribution is 0.103. The Balaban J connectivity index is 2.30. The number of carbonyl (C=O) groups is 1. The summed E-state index contributed by atoms with van der Waals surface area (Å²) in [5.41, 5.74) is 1.01. The maximum Gasteiger partial charge on any atom is 0.315 e. The maximum absolute atomic E-state index is 11.7. The second-order valence-corrected chi connectivity index (χ2v) is 6.24. The van der Waals surface area contributed by atoms with E-state index in [9.17, 15) is 9.90 Å². The molecular weight excluding hydrogens is 274 g/mol. The lowest BCUT2D eigenvalue weighted by atomic mass is 9.97. The number of urea groups is 1. The number of nitrogens with one attached hydrogen (secondary N) is 2. The number of amides is 2. The van der Waals surface area contributed by atoms with Gasteiger partial charge in [0.2, 0.25) is 0 Å². The van der Waals surface area contributed by atoms with Crippen molar-refractivity contribution in [2.75, 3.05) is 6.54 Å². The first kappa shape index (κ1) is 16.9. The summed E-state index contributed by atoms with van der Waals surface area (Å²) in [6.07, 6.45) is 1.34. The SMILES string of the molecule is CCC(CC)C(O)CNC(=O)NCc1nc(C)c(C)s1. The van der Waals surface area contributed by atoms with Crippen LogP contribution < -0.4 is 10.6 Å². The Morgan fingerprint density at radius 1 is 1.30 bits per heavy atom. The number of aliphatic hydroxyl groups is 1. The average Bonchev–Trinajstić information content (AvgIpc) is 2.74. The van der Waals surface area contributed by atoms with E-state index in [4.69, 9.17) is 0 Å². The predicted octanol–water partition coefficient (Wildman–Crippen LogP) is 2.36. The van der Waals surface area contributed by atoms with Crippen LogP contribution in [0.25, 0.3) is 0 Å². The molecule has 0 saturated heterocycles. The molecular formula is C14H25N3O2S. The van der Waals surface area contributed by atoms with Gasteiger partial charge in [-0.2, -0.15) is 0 Å². The molecule has 1 heterocycles. The normalized spacial score (nSPS) is 12.5. The van der Waals surface area contributed by atoms with Gasteiger partial charge in [-0.15, -0.1) is 11.3 Å². The van der Waals surface area contributed by atoms with Crippen LogP contribution in [-0.4, -0.2) is 28.8 Å². The number of hydrogen-bond donors (Lipinski definition) is 3. The third-order valence-corrected chi connectivity index (χ3v) is 4.61. The number of rotatable bonds is 7. The van der Waals surface area contributed by atoms with Gasteiger partial charge in [-0.1, -0.05) is 26.7 Å². The van der Waals surface area contributed by atoms with Gasteiger partial charge in [-0.3, -0.25) is 0 Å². The van der Waals surface area contributed by atoms with Gasteiger partial charge >= 0.3 is 6.03 Å². The van der Waals surface area contributed by atoms with Gasteiger partial charge in [0.15, 0.2) is 0 Å². The molecule has 1 rings (SSSR count). The number of aryl methyl sites for hydroxylation is 2. The van der Waals surface area contributed by atoms with Crippen molar-refractivity contribution in [3.05, 3.63) is 15.6 Å². The molecule has 0 aromatic carbocycles. The van der Waals surface area contributed by atoms with E-state index >= 15 is 0 Å². The minimum absolute atomic E-state index is 0.236. The van der Waals surface area contributed by atoms with Crippen LogP contribution in [0.3, 0.4) is 0 Å². The van der Waals surface area contributed by atoms with Gasteiger partial charge in [0.1, 0.15) is 5.01 Å². The minimum atomic E-state index is -0.486. The highest BCUT2D eigenvalue weighted by Gasteiger charge is 2.16. The molecule has 1 aromatic heterocycles. The number of aliphatic hydroxyl groups excluding tert-OH is 1. The number of thiazole rings is 1. The number of nitrogens with zero attached hydrogens (tertiary/aromatic N) is 1. The minimum Gasteiger partial charge on any atom is -0.391 e. The van der Waals surface area contributed by atoms with Crippen LogP contribution >= 0.6 is 11.3 Å². The van der Waals surface area contributed by atoms with Gasteiger partial charge < -0.3 is 15.7 Å². The van der Waals surface area contributed by atoms with Crippen molar-refractivity contribution in [2.45, 2.75) is 53.2 Å². The second-order valence-electron chi connectivity index (χ2n) is 4.96. The molecule has 1 unspecified atom stereocenters. The summed E-state index contributed by atoms with van der Waals surface area (Å²) in [5, 5.41) is 16.3. The van der Waals surface area contributed by atoms with E-state index in [0.29, 0.717) is 6.54 Å². The molecule has 0 fully saturated rings. The molecule has 0 spiro atoms. The van der Waals surface area contributed by atoms with Crippen molar-refractivity contribution in [3.63, 3.8) is 0 Å². The van der Waals surface area contributed by atoms with E-state index in [1.807, 2.05) is 27.7 Å². The summed E-state index contributed by atoms with van der Waals surface area (Å²) >= 11 is 1.59. The molecule has 20 heavy (non-hydrogen) atoms. The highest BCUT2D eigenvalue weighted by molar-refractivity contribution is 7.11. The molecule has 3 N–H and O–H groups in total. The first-order valence-corrected chi connectivity index (χ1v) is 7.92. The van der Waals surface area contributed by atoms with Gasteiger partial charge in [-0.25, -0.2) is 9.78 Å². The van der Waals surface area contributed by atoms with Crippen molar-refractivity contribution >= 4 is 17.4 Å². The lowest BCUT2D eigenvalue weighted by Gasteiger charge is -2.20. The second kappa shape index (κ2) is 8.21. The van der Waals surface area contributed by atoms with Crippen LogP contribution in [0, 0.1) is 19.8 Å². The average molecular weight is 299 g/mol. The van der Waals surface area contributed by atoms with Crippen LogP contribution in [0.1, 0.15) is 42.3 Å². The Bertz CT molecular complexity index is 411. The Morgan fingerprint density at radius 3 is 2.45 bits per heavy atom. The monoisotopic (exact) mass is 299 g/mol. The van der Waals surface area contributed by atoms with Gasteiger partial charge in [0.25, 0.3) is 0 Å². The van der Waals surface area contributed by atoms with E-state index in [-0.39, 0.29) is 18.5 Å². The zero-order valence-corrected chi connectivity index (χ0v) is 13.5. The van der Waals surface area contributed by atoms with E-state index in [1.54, 1.807) is 11.3 Å². The lowest BCUT2D eigenvalue weighted by Crippen LogP contribution is -2.41. The maximum atomic E-state index is 11.7. The van der Waals surface area contributed by atoms with E-state index in [0.717, 1.165) is 23.5 Å². The fourth-order valence-electron chi connectivity index (χ4n) is 2.03. The molecule has 1 atom stereocenters. The molecule has 2 amide bonds. The fourth-order valence-corrected chi connectivity index (χ4v) is 2.90. The van der Waals surface area contributed by atoms with Crippen molar-refractivity contribution in [2.24, 2.45) is 5.92 Å². The molecule has 0 bridgehead atoms. The summed E-state index contributed by atoms with van der Waals surface area (Å²) in [4.78, 5) is 17.2. The Morgan fingerprint density at radius 2 is 1.95 bits per heavy atom. The van der Waals surface area contributed by atoms with Crippen LogP contribution in [0.4, 0.5) is 4.79 Å². The Hall–Kier alpha value is -1.14. The highest BCUT2D eigenvalue weighted by Crippen LogP contribution is 2.16. The smallest absolute Gasteiger partial charge is 0.315 e. The van der Waals surface area contributed by atoms with E-state index in [1.165, 1.54) is 4.88 Å². The van der Waals surface area contributed by atoms with Crippen LogP contribution in [0.2, 0.25) is 0 Å². The molecule has 0 saturated carbocycles. The molecule has 1 aromatic rings. The van der Waals surface area contributed by atoms with Gasteiger partial charge in [-0.05, 0) is 19.8 Å². The molecule has 0 aliphatic rings. The molecule has 0 radical (unpaired) electrons. The predicted molar refractivity (Wildman–Crippen MR) is 81.9 cm³/mol. The molecule has 6 heteroatoms. The Labute approximate surface area is 124 Å². The third kappa shape index (κ3) is 5.09. The summed E-state index contributed by atoms with van der Waals surface area (Å²) in [5.74, 6) is 0.236. The fraction of sp³-hybridized carbons (Fsp3) is 0.714. The van der Waals surface area contributed by atoms with Gasteiger partial charge in [0.05, 0.1) is 18.3 Å². The van der Waals surface area contributed by atoms with Crippen molar-refractivity contribution < 1.29 is 9.90 Å². The summed E-state index contributed by atoms with van der Waals surface area (Å²) < 4.78 is 0. The first-order chi connectivity index (χ1) is 9.47. The largest absolute Gasteiger partial charge is 0.391 e. The molecule has 5 nitrogen and oxygen atoms in total. The highest BCUT2D eigenvalue weighted by atomic mass is 32.1. The first-order valence-electron chi connectivity index (χ1n) is 7.10. The summed E-state index contributed by atoms with van der Waals surface area (Å²) in [6.45, 7) is 8.78. The molecule has 0 aliphatic heterocycles. The van der Waals surface area contributed by atoms with Crippen molar-refractivity contribution in [3.8, 4) is 0 Å². The standard InChI is InChI=1S/C14H25N3O2S/c1-5-11(6-2)12(18)7-15-14(19)16-8-13-17-9(3)10(4)20-13/h11-12,18H,5-8H2,1-4H3,(H2,15,16,19). The van der Waals surface area contributed by atoms with E-state index < -0.39 is 6.10 Å². The third-order valence-electron chi connectivity index (χ3n) is 3.54. The van der Waals surface area contributed by atoms with Crippen LogP contribution in [0.5, 0.6) is 0 Å². The number of hydrogen-bond acceptors (Lipinski definition) is 4. The molecule has 0 aliphatic carbocycles. The topological polar surface area (TPSA) is 74.2 Å². The van der Waals surface area contributed by atoms with Gasteiger partial charge in [0, 0.05) is 11.4 Å². The van der Waals surface area contributed by atoms with E-state index in [2.05, 4.69) is 15.6 Å². The van der Waals surface area contributed by atoms with Crippen molar-refractivity contribution in [1.82, 2.24) is 15.6 Å². The van der Waals surface area contributed by atoms with Crippen LogP contribution in [-0.2, 0) is 6.54 Å². The number of aromatic nitrogens is 1. The zero-order chi connectivity index (χ0) is 15.1. The number of carbonyl (C=O) groups excluding carboxylic acids is 1. The Kier molecular flexibility index (Phi) is 6.95. The van der Waals surface area contributed by atoms with Crippen LogP contribution in [0.15, 0.2) is 0 Å². The zero-order valence-electron chi connectivity index (χ0n) is 12.7. The summed E-state index contributed by atoms with van der Waals surface area (Å²) in [6, 6.07) is -0.263. The van der Waals surface area contributed by atoms with Crippen molar-refractivity contribution in [1.29, 1.82) is 0 Å². The quantitative estimate of drug-likeness (QED) is 0.723. The summed E-state index contributed by atoms with van der Waals surface area (Å²) in [7, 11) is 0. The molecule has 114 valence electrons.